The average Bonchev–Trinajstić information content (AvgIpc) is 2.77. The molecule has 2 nitrogen and oxygen atoms in total. The van der Waals surface area contributed by atoms with Gasteiger partial charge in [-0.2, -0.15) is 0 Å². The molecule has 130 valence electrons. The third kappa shape index (κ3) is 10.1. The molecule has 0 aromatic carbocycles. The lowest BCUT2D eigenvalue weighted by atomic mass is 10.2. The largest absolute Gasteiger partial charge is 0.293 e. The molecule has 24 heavy (non-hydrogen) atoms. The number of nitrogens with zero attached hydrogens (tertiary/aromatic N) is 1. The highest BCUT2D eigenvalue weighted by Crippen LogP contribution is 2.24. The SMILES string of the molecule is C=C(Br)\C=C/C(=C\C)/C=C(\C)SC(=N)C1=CCC(Br)=CN=C1.CC. The van der Waals surface area contributed by atoms with Crippen LogP contribution < -0.4 is 0 Å². The van der Waals surface area contributed by atoms with Gasteiger partial charge in [0, 0.05) is 27.0 Å². The van der Waals surface area contributed by atoms with E-state index in [-0.39, 0.29) is 0 Å². The first kappa shape index (κ1) is 23.1. The van der Waals surface area contributed by atoms with E-state index >= 15 is 0 Å². The van der Waals surface area contributed by atoms with Crippen molar-refractivity contribution in [2.45, 2.75) is 34.1 Å². The zero-order valence-electron chi connectivity index (χ0n) is 14.6. The van der Waals surface area contributed by atoms with Gasteiger partial charge in [-0.3, -0.25) is 10.4 Å². The fourth-order valence-electron chi connectivity index (χ4n) is 1.56. The fourth-order valence-corrected chi connectivity index (χ4v) is 2.74. The highest BCUT2D eigenvalue weighted by Gasteiger charge is 2.07. The zero-order valence-corrected chi connectivity index (χ0v) is 18.6. The van der Waals surface area contributed by atoms with Crippen molar-refractivity contribution in [2.24, 2.45) is 4.99 Å². The second kappa shape index (κ2) is 13.4. The first-order valence-electron chi connectivity index (χ1n) is 7.64. The standard InChI is InChI=1S/C17H18Br2N2S.C2H6/c1-4-14(6-5-12(2)18)9-13(3)22-17(20)15-7-8-16(19)11-21-10-15;1-2/h4-7,9-11,20H,2,8H2,1,3H3;1-2H3/b6-5-,13-9+,14-4+,20-17?;. The Kier molecular flexibility index (Phi) is 12.9. The molecule has 0 aromatic heterocycles. The van der Waals surface area contributed by atoms with Crippen LogP contribution in [0.3, 0.4) is 0 Å². The number of hydrogen-bond donors (Lipinski definition) is 1. The van der Waals surface area contributed by atoms with Gasteiger partial charge < -0.3 is 0 Å². The maximum Gasteiger partial charge on any atom is 0.0999 e. The van der Waals surface area contributed by atoms with Crippen LogP contribution in [-0.4, -0.2) is 11.3 Å². The maximum absolute atomic E-state index is 8.21. The van der Waals surface area contributed by atoms with Gasteiger partial charge in [0.1, 0.15) is 0 Å². The van der Waals surface area contributed by atoms with Crippen LogP contribution in [0.5, 0.6) is 0 Å². The summed E-state index contributed by atoms with van der Waals surface area (Å²) in [4.78, 5) is 5.22. The van der Waals surface area contributed by atoms with Crippen molar-refractivity contribution in [3.8, 4) is 0 Å². The molecule has 0 fully saturated rings. The van der Waals surface area contributed by atoms with Crippen LogP contribution in [0.1, 0.15) is 34.1 Å². The normalized spacial score (nSPS) is 15.2. The van der Waals surface area contributed by atoms with Gasteiger partial charge in [-0.05, 0) is 42.9 Å². The highest BCUT2D eigenvalue weighted by atomic mass is 79.9. The molecule has 0 unspecified atom stereocenters. The number of nitrogens with one attached hydrogen (secondary N) is 1. The van der Waals surface area contributed by atoms with E-state index in [1.165, 1.54) is 11.8 Å². The van der Waals surface area contributed by atoms with Crippen molar-refractivity contribution in [3.05, 3.63) is 68.2 Å². The molecule has 1 rings (SSSR count). The van der Waals surface area contributed by atoms with Crippen LogP contribution in [0.25, 0.3) is 0 Å². The molecule has 0 amide bonds. The van der Waals surface area contributed by atoms with Gasteiger partial charge in [-0.1, -0.05) is 82.3 Å². The van der Waals surface area contributed by atoms with Gasteiger partial charge in [-0.25, -0.2) is 0 Å². The second-order valence-electron chi connectivity index (χ2n) is 4.47. The Morgan fingerprint density at radius 3 is 2.62 bits per heavy atom. The summed E-state index contributed by atoms with van der Waals surface area (Å²) >= 11 is 8.16. The number of rotatable bonds is 5. The summed E-state index contributed by atoms with van der Waals surface area (Å²) in [5, 5.41) is 8.71. The predicted octanol–water partition coefficient (Wildman–Crippen LogP) is 7.68. The molecular weight excluding hydrogens is 448 g/mol. The molecule has 0 spiro atoms. The van der Waals surface area contributed by atoms with E-state index in [1.807, 2.05) is 58.1 Å². The molecule has 5 heteroatoms. The van der Waals surface area contributed by atoms with Gasteiger partial charge in [0.05, 0.1) is 5.04 Å². The average molecular weight is 472 g/mol. The number of thioether (sulfide) groups is 1. The van der Waals surface area contributed by atoms with Crippen LogP contribution >= 0.6 is 43.6 Å². The molecule has 0 atom stereocenters. The third-order valence-corrected chi connectivity index (χ3v) is 4.30. The Labute approximate surface area is 167 Å². The molecule has 1 aliphatic heterocycles. The van der Waals surface area contributed by atoms with Crippen molar-refractivity contribution in [2.75, 3.05) is 0 Å². The Morgan fingerprint density at radius 2 is 2.04 bits per heavy atom. The molecule has 0 saturated carbocycles. The lowest BCUT2D eigenvalue weighted by Crippen LogP contribution is -1.97. The maximum atomic E-state index is 8.21. The Bertz CT molecular complexity index is 636. The summed E-state index contributed by atoms with van der Waals surface area (Å²) in [5.74, 6) is 0. The Hall–Kier alpha value is -0.910. The lowest BCUT2D eigenvalue weighted by Gasteiger charge is -2.05. The van der Waals surface area contributed by atoms with E-state index in [4.69, 9.17) is 5.41 Å². The number of allylic oxidation sites excluding steroid dienone is 9. The molecule has 1 heterocycles. The van der Waals surface area contributed by atoms with E-state index in [0.29, 0.717) is 5.04 Å². The molecule has 0 aromatic rings. The van der Waals surface area contributed by atoms with E-state index in [1.54, 1.807) is 12.4 Å². The van der Waals surface area contributed by atoms with E-state index in [2.05, 4.69) is 43.4 Å². The van der Waals surface area contributed by atoms with Crippen LogP contribution in [0.15, 0.2) is 73.2 Å². The van der Waals surface area contributed by atoms with Gasteiger partial charge in [0.15, 0.2) is 0 Å². The Morgan fingerprint density at radius 1 is 1.38 bits per heavy atom. The van der Waals surface area contributed by atoms with Gasteiger partial charge in [-0.15, -0.1) is 0 Å². The molecule has 0 radical (unpaired) electrons. The van der Waals surface area contributed by atoms with Crippen molar-refractivity contribution >= 4 is 54.9 Å². The van der Waals surface area contributed by atoms with E-state index in [9.17, 15) is 0 Å². The third-order valence-electron chi connectivity index (χ3n) is 2.63. The van der Waals surface area contributed by atoms with Crippen molar-refractivity contribution in [1.29, 1.82) is 5.41 Å². The smallest absolute Gasteiger partial charge is 0.0999 e. The van der Waals surface area contributed by atoms with Crippen LogP contribution in [0, 0.1) is 5.41 Å². The van der Waals surface area contributed by atoms with Crippen LogP contribution in [0.2, 0.25) is 0 Å². The number of hydrogen-bond acceptors (Lipinski definition) is 3. The molecule has 0 aliphatic carbocycles. The fraction of sp³-hybridized carbons (Fsp3) is 0.263. The van der Waals surface area contributed by atoms with Crippen molar-refractivity contribution in [3.63, 3.8) is 0 Å². The zero-order chi connectivity index (χ0) is 18.5. The molecular formula is C19H24Br2N2S. The molecule has 1 N–H and O–H groups in total. The summed E-state index contributed by atoms with van der Waals surface area (Å²) in [7, 11) is 0. The Balaban J connectivity index is 0.00000254. The topological polar surface area (TPSA) is 36.2 Å². The number of halogens is 2. The van der Waals surface area contributed by atoms with Gasteiger partial charge in [0.25, 0.3) is 0 Å². The molecule has 0 saturated heterocycles. The quantitative estimate of drug-likeness (QED) is 0.249. The summed E-state index contributed by atoms with van der Waals surface area (Å²) in [6.07, 6.45) is 14.2. The minimum atomic E-state index is 0.498. The minimum Gasteiger partial charge on any atom is -0.293 e. The summed E-state index contributed by atoms with van der Waals surface area (Å²) in [5.41, 5.74) is 1.92. The van der Waals surface area contributed by atoms with E-state index < -0.39 is 0 Å². The second-order valence-corrected chi connectivity index (χ2v) is 7.77. The first-order chi connectivity index (χ1) is 11.4. The lowest BCUT2D eigenvalue weighted by molar-refractivity contribution is 1.35. The van der Waals surface area contributed by atoms with E-state index in [0.717, 1.165) is 31.4 Å². The minimum absolute atomic E-state index is 0.498. The van der Waals surface area contributed by atoms with Crippen LogP contribution in [-0.2, 0) is 0 Å². The van der Waals surface area contributed by atoms with Crippen LogP contribution in [0.4, 0.5) is 0 Å². The van der Waals surface area contributed by atoms with Crippen molar-refractivity contribution in [1.82, 2.24) is 0 Å². The first-order valence-corrected chi connectivity index (χ1v) is 10.0. The van der Waals surface area contributed by atoms with Crippen molar-refractivity contribution < 1.29 is 0 Å². The summed E-state index contributed by atoms with van der Waals surface area (Å²) < 4.78 is 1.84. The summed E-state index contributed by atoms with van der Waals surface area (Å²) in [6, 6.07) is 0. The molecule has 1 aliphatic rings. The highest BCUT2D eigenvalue weighted by molar-refractivity contribution is 9.12. The monoisotopic (exact) mass is 470 g/mol. The summed E-state index contributed by atoms with van der Waals surface area (Å²) in [6.45, 7) is 11.8. The predicted molar refractivity (Wildman–Crippen MR) is 120 cm³/mol. The molecule has 0 bridgehead atoms. The van der Waals surface area contributed by atoms with Gasteiger partial charge in [0.2, 0.25) is 0 Å². The number of aliphatic imine (C=N–C) groups is 1. The van der Waals surface area contributed by atoms with Gasteiger partial charge >= 0.3 is 0 Å².